The van der Waals surface area contributed by atoms with Gasteiger partial charge in [0.05, 0.1) is 12.5 Å². The van der Waals surface area contributed by atoms with E-state index in [4.69, 9.17) is 5.26 Å². The van der Waals surface area contributed by atoms with Crippen molar-refractivity contribution < 1.29 is 13.2 Å². The lowest BCUT2D eigenvalue weighted by Crippen LogP contribution is -2.22. The van der Waals surface area contributed by atoms with E-state index in [2.05, 4.69) is 25.4 Å². The van der Waals surface area contributed by atoms with Crippen LogP contribution in [0.3, 0.4) is 0 Å². The number of allylic oxidation sites excluding steroid dienone is 3. The lowest BCUT2D eigenvalue weighted by atomic mass is 9.96. The zero-order valence-corrected chi connectivity index (χ0v) is 16.4. The van der Waals surface area contributed by atoms with Gasteiger partial charge in [0, 0.05) is 5.70 Å². The van der Waals surface area contributed by atoms with Gasteiger partial charge in [-0.2, -0.15) is 18.4 Å². The first-order chi connectivity index (χ1) is 11.1. The van der Waals surface area contributed by atoms with Gasteiger partial charge in [-0.1, -0.05) is 61.5 Å². The molecular formula is C19H33F3N2. The van der Waals surface area contributed by atoms with E-state index in [0.29, 0.717) is 17.7 Å². The second-order valence-corrected chi connectivity index (χ2v) is 5.20. The minimum absolute atomic E-state index is 0.141. The third kappa shape index (κ3) is 11.9. The van der Waals surface area contributed by atoms with Crippen molar-refractivity contribution in [2.75, 3.05) is 0 Å². The van der Waals surface area contributed by atoms with E-state index in [0.717, 1.165) is 5.57 Å². The Morgan fingerprint density at radius 3 is 1.83 bits per heavy atom. The summed E-state index contributed by atoms with van der Waals surface area (Å²) in [5, 5.41) is 8.46. The molecule has 2 nitrogen and oxygen atoms in total. The van der Waals surface area contributed by atoms with Crippen molar-refractivity contribution in [2.45, 2.75) is 80.8 Å². The minimum Gasteiger partial charge on any atom is -0.251 e. The SMILES string of the molecule is C=C(/C(C)=C(/CC)N=C(CC#N)C(F)(F)F)C(C)C.CC.CCC. The molecule has 0 aliphatic carbocycles. The second-order valence-electron chi connectivity index (χ2n) is 5.20. The lowest BCUT2D eigenvalue weighted by molar-refractivity contribution is -0.0599. The van der Waals surface area contributed by atoms with Crippen molar-refractivity contribution in [3.05, 3.63) is 23.4 Å². The molecule has 0 atom stereocenters. The summed E-state index contributed by atoms with van der Waals surface area (Å²) in [7, 11) is 0. The number of rotatable bonds is 5. The van der Waals surface area contributed by atoms with Gasteiger partial charge in [0.15, 0.2) is 0 Å². The minimum atomic E-state index is -4.57. The molecule has 0 radical (unpaired) electrons. The van der Waals surface area contributed by atoms with E-state index >= 15 is 0 Å². The van der Waals surface area contributed by atoms with Crippen molar-refractivity contribution in [1.29, 1.82) is 5.26 Å². The highest BCUT2D eigenvalue weighted by molar-refractivity contribution is 5.92. The third-order valence-electron chi connectivity index (χ3n) is 2.79. The van der Waals surface area contributed by atoms with Crippen molar-refractivity contribution in [1.82, 2.24) is 0 Å². The van der Waals surface area contributed by atoms with Crippen LogP contribution < -0.4 is 0 Å². The van der Waals surface area contributed by atoms with E-state index in [1.165, 1.54) is 12.5 Å². The van der Waals surface area contributed by atoms with Crippen LogP contribution in [0.15, 0.2) is 28.4 Å². The Hall–Kier alpha value is -1.57. The highest BCUT2D eigenvalue weighted by atomic mass is 19.4. The van der Waals surface area contributed by atoms with Gasteiger partial charge in [-0.05, 0) is 30.4 Å². The largest absolute Gasteiger partial charge is 0.430 e. The summed E-state index contributed by atoms with van der Waals surface area (Å²) in [5.74, 6) is 0.141. The van der Waals surface area contributed by atoms with Gasteiger partial charge in [-0.15, -0.1) is 0 Å². The molecule has 5 heteroatoms. The van der Waals surface area contributed by atoms with Gasteiger partial charge in [-0.25, -0.2) is 0 Å². The maximum absolute atomic E-state index is 12.7. The third-order valence-corrected chi connectivity index (χ3v) is 2.79. The number of aliphatic imine (C=N–C) groups is 1. The summed E-state index contributed by atoms with van der Waals surface area (Å²) in [4.78, 5) is 3.65. The van der Waals surface area contributed by atoms with Crippen molar-refractivity contribution in [3.63, 3.8) is 0 Å². The van der Waals surface area contributed by atoms with Gasteiger partial charge in [0.25, 0.3) is 0 Å². The van der Waals surface area contributed by atoms with E-state index in [9.17, 15) is 13.2 Å². The van der Waals surface area contributed by atoms with Gasteiger partial charge < -0.3 is 0 Å². The Balaban J connectivity index is -0.000000786. The van der Waals surface area contributed by atoms with Gasteiger partial charge in [-0.3, -0.25) is 4.99 Å². The molecule has 0 aromatic carbocycles. The molecule has 0 rings (SSSR count). The van der Waals surface area contributed by atoms with Crippen LogP contribution in [0.25, 0.3) is 0 Å². The summed E-state index contributed by atoms with van der Waals surface area (Å²) in [6.45, 7) is 19.4. The van der Waals surface area contributed by atoms with Crippen LogP contribution >= 0.6 is 0 Å². The standard InChI is InChI=1S/C14H19F3N2.C3H8.C2H6/c1-6-12(11(5)10(4)9(2)3)19-13(7-8-18)14(15,16)17;1-3-2;1-2/h9H,4,6-7H2,1-3,5H3;3H2,1-2H3;1-2H3/b12-11-,19-13?;;. The number of nitriles is 1. The molecule has 0 saturated heterocycles. The van der Waals surface area contributed by atoms with E-state index in [-0.39, 0.29) is 5.92 Å². The highest BCUT2D eigenvalue weighted by Gasteiger charge is 2.35. The Morgan fingerprint density at radius 1 is 1.17 bits per heavy atom. The number of nitrogens with zero attached hydrogens (tertiary/aromatic N) is 2. The van der Waals surface area contributed by atoms with Crippen LogP contribution in [0.4, 0.5) is 13.2 Å². The molecular weight excluding hydrogens is 313 g/mol. The number of halogens is 3. The molecule has 0 fully saturated rings. The number of alkyl halides is 3. The van der Waals surface area contributed by atoms with Gasteiger partial charge >= 0.3 is 6.18 Å². The lowest BCUT2D eigenvalue weighted by Gasteiger charge is -2.14. The first-order valence-electron chi connectivity index (χ1n) is 8.47. The van der Waals surface area contributed by atoms with Crippen molar-refractivity contribution >= 4 is 5.71 Å². The molecule has 0 spiro atoms. The molecule has 140 valence electrons. The first-order valence-corrected chi connectivity index (χ1v) is 8.47. The molecule has 0 heterocycles. The molecule has 0 unspecified atom stereocenters. The van der Waals surface area contributed by atoms with Crippen LogP contribution in [-0.4, -0.2) is 11.9 Å². The average molecular weight is 346 g/mol. The summed E-state index contributed by atoms with van der Waals surface area (Å²) < 4.78 is 38.1. The molecule has 0 aromatic rings. The van der Waals surface area contributed by atoms with Crippen LogP contribution in [0, 0.1) is 17.2 Å². The second kappa shape index (κ2) is 15.0. The summed E-state index contributed by atoms with van der Waals surface area (Å²) >= 11 is 0. The molecule has 0 aliphatic rings. The van der Waals surface area contributed by atoms with E-state index < -0.39 is 18.3 Å². The smallest absolute Gasteiger partial charge is 0.251 e. The molecule has 0 aliphatic heterocycles. The topological polar surface area (TPSA) is 36.1 Å². The van der Waals surface area contributed by atoms with Crippen molar-refractivity contribution in [2.24, 2.45) is 10.9 Å². The molecule has 0 amide bonds. The van der Waals surface area contributed by atoms with Crippen LogP contribution in [0.1, 0.15) is 74.7 Å². The predicted octanol–water partition coefficient (Wildman–Crippen LogP) is 7.24. The Morgan fingerprint density at radius 2 is 1.58 bits per heavy atom. The van der Waals surface area contributed by atoms with E-state index in [1.54, 1.807) is 13.8 Å². The summed E-state index contributed by atoms with van der Waals surface area (Å²) in [5.41, 5.74) is 0.709. The average Bonchev–Trinajstić information content (AvgIpc) is 2.51. The monoisotopic (exact) mass is 346 g/mol. The van der Waals surface area contributed by atoms with Gasteiger partial charge in [0.2, 0.25) is 0 Å². The fraction of sp³-hybridized carbons (Fsp3) is 0.684. The van der Waals surface area contributed by atoms with Crippen LogP contribution in [0.2, 0.25) is 0 Å². The quantitative estimate of drug-likeness (QED) is 0.381. The Labute approximate surface area is 146 Å². The predicted molar refractivity (Wildman–Crippen MR) is 98.0 cm³/mol. The number of hydrogen-bond donors (Lipinski definition) is 0. The number of hydrogen-bond acceptors (Lipinski definition) is 2. The first kappa shape index (κ1) is 27.3. The fourth-order valence-corrected chi connectivity index (χ4v) is 1.49. The zero-order chi connectivity index (χ0) is 19.9. The highest BCUT2D eigenvalue weighted by Crippen LogP contribution is 2.26. The molecule has 0 aromatic heterocycles. The summed E-state index contributed by atoms with van der Waals surface area (Å²) in [6, 6.07) is 1.50. The molecule has 0 saturated carbocycles. The maximum atomic E-state index is 12.7. The zero-order valence-electron chi connectivity index (χ0n) is 16.4. The Bertz CT molecular complexity index is 450. The van der Waals surface area contributed by atoms with Crippen LogP contribution in [-0.2, 0) is 0 Å². The fourth-order valence-electron chi connectivity index (χ4n) is 1.49. The molecule has 24 heavy (non-hydrogen) atoms. The Kier molecular flexibility index (Phi) is 17.0. The normalized spacial score (nSPS) is 12.2. The summed E-state index contributed by atoms with van der Waals surface area (Å²) in [6.07, 6.45) is -3.70. The van der Waals surface area contributed by atoms with Crippen LogP contribution in [0.5, 0.6) is 0 Å². The molecule has 0 bridgehead atoms. The van der Waals surface area contributed by atoms with E-state index in [1.807, 2.05) is 27.7 Å². The van der Waals surface area contributed by atoms with Gasteiger partial charge in [0.1, 0.15) is 5.71 Å². The van der Waals surface area contributed by atoms with Crippen molar-refractivity contribution in [3.8, 4) is 6.07 Å². The maximum Gasteiger partial charge on any atom is 0.430 e. The molecule has 0 N–H and O–H groups in total.